The summed E-state index contributed by atoms with van der Waals surface area (Å²) < 4.78 is 0. The quantitative estimate of drug-likeness (QED) is 0.530. The highest BCUT2D eigenvalue weighted by Gasteiger charge is 1.90. The Morgan fingerprint density at radius 1 is 0.500 bits per heavy atom. The number of hydrogen-bond donors (Lipinski definition) is 0. The molecular weight excluding hydrogens is 280 g/mol. The molecule has 0 amide bonds. The molecule has 2 heterocycles. The zero-order valence-corrected chi connectivity index (χ0v) is 12.2. The maximum absolute atomic E-state index is 3.15. The summed E-state index contributed by atoms with van der Waals surface area (Å²) in [6.45, 7) is 0. The standard InChI is InChI=1S/C18H10S2/c1-2-16(6-8-18-10-12-20-14-18)4-3-15(1)5-7-17-9-11-19-13-17/h1-4,9-14H. The molecule has 0 aliphatic heterocycles. The van der Waals surface area contributed by atoms with E-state index in [0.29, 0.717) is 0 Å². The maximum atomic E-state index is 3.15. The lowest BCUT2D eigenvalue weighted by Gasteiger charge is -1.91. The Labute approximate surface area is 126 Å². The van der Waals surface area contributed by atoms with E-state index in [1.807, 2.05) is 57.9 Å². The van der Waals surface area contributed by atoms with Crippen LogP contribution in [0, 0.1) is 23.7 Å². The van der Waals surface area contributed by atoms with Crippen molar-refractivity contribution >= 4 is 22.7 Å². The van der Waals surface area contributed by atoms with Gasteiger partial charge in [-0.3, -0.25) is 0 Å². The number of thiophene rings is 2. The molecule has 0 atom stereocenters. The topological polar surface area (TPSA) is 0 Å². The van der Waals surface area contributed by atoms with Crippen molar-refractivity contribution in [3.8, 4) is 23.7 Å². The first-order chi connectivity index (χ1) is 9.90. The summed E-state index contributed by atoms with van der Waals surface area (Å²) in [7, 11) is 0. The van der Waals surface area contributed by atoms with E-state index < -0.39 is 0 Å². The van der Waals surface area contributed by atoms with Gasteiger partial charge in [0.05, 0.1) is 0 Å². The normalized spacial score (nSPS) is 9.20. The second kappa shape index (κ2) is 6.26. The van der Waals surface area contributed by atoms with Crippen LogP contribution < -0.4 is 0 Å². The minimum atomic E-state index is 1.01. The van der Waals surface area contributed by atoms with E-state index in [0.717, 1.165) is 22.3 Å². The Bertz CT molecular complexity index is 713. The van der Waals surface area contributed by atoms with Crippen LogP contribution in [0.25, 0.3) is 0 Å². The van der Waals surface area contributed by atoms with Crippen LogP contribution in [0.5, 0.6) is 0 Å². The lowest BCUT2D eigenvalue weighted by Crippen LogP contribution is -1.77. The van der Waals surface area contributed by atoms with Gasteiger partial charge in [-0.15, -0.1) is 0 Å². The highest BCUT2D eigenvalue weighted by molar-refractivity contribution is 7.08. The lowest BCUT2D eigenvalue weighted by molar-refractivity contribution is 1.60. The fraction of sp³-hybridized carbons (Fsp3) is 0. The van der Waals surface area contributed by atoms with Gasteiger partial charge in [-0.2, -0.15) is 22.7 Å². The summed E-state index contributed by atoms with van der Waals surface area (Å²) in [4.78, 5) is 0. The second-order valence-corrected chi connectivity index (χ2v) is 5.66. The highest BCUT2D eigenvalue weighted by Crippen LogP contribution is 2.07. The fourth-order valence-electron chi connectivity index (χ4n) is 1.60. The Morgan fingerprint density at radius 2 is 0.900 bits per heavy atom. The molecule has 0 saturated heterocycles. The summed E-state index contributed by atoms with van der Waals surface area (Å²) in [6, 6.07) is 12.1. The average molecular weight is 290 g/mol. The van der Waals surface area contributed by atoms with Gasteiger partial charge in [-0.05, 0) is 47.2 Å². The number of benzene rings is 1. The SMILES string of the molecule is C(#Cc1ccsc1)c1ccc(C#Cc2ccsc2)cc1. The molecule has 2 heteroatoms. The number of rotatable bonds is 0. The van der Waals surface area contributed by atoms with Crippen LogP contribution in [0.1, 0.15) is 22.3 Å². The van der Waals surface area contributed by atoms with Crippen LogP contribution >= 0.6 is 22.7 Å². The van der Waals surface area contributed by atoms with E-state index in [-0.39, 0.29) is 0 Å². The summed E-state index contributed by atoms with van der Waals surface area (Å²) >= 11 is 3.33. The van der Waals surface area contributed by atoms with Crippen LogP contribution in [0.4, 0.5) is 0 Å². The fourth-order valence-corrected chi connectivity index (χ4v) is 2.77. The molecule has 0 aliphatic carbocycles. The first kappa shape index (κ1) is 12.8. The van der Waals surface area contributed by atoms with Crippen molar-refractivity contribution in [1.29, 1.82) is 0 Å². The molecular formula is C18H10S2. The Hall–Kier alpha value is -2.26. The van der Waals surface area contributed by atoms with Crippen LogP contribution in [-0.2, 0) is 0 Å². The molecule has 0 saturated carbocycles. The van der Waals surface area contributed by atoms with Gasteiger partial charge >= 0.3 is 0 Å². The molecule has 0 unspecified atom stereocenters. The molecule has 1 aromatic carbocycles. The molecule has 0 nitrogen and oxygen atoms in total. The lowest BCUT2D eigenvalue weighted by atomic mass is 10.1. The van der Waals surface area contributed by atoms with Gasteiger partial charge < -0.3 is 0 Å². The highest BCUT2D eigenvalue weighted by atomic mass is 32.1. The van der Waals surface area contributed by atoms with Crippen molar-refractivity contribution in [3.63, 3.8) is 0 Å². The molecule has 20 heavy (non-hydrogen) atoms. The Kier molecular flexibility index (Phi) is 3.99. The van der Waals surface area contributed by atoms with Gasteiger partial charge in [0.25, 0.3) is 0 Å². The van der Waals surface area contributed by atoms with E-state index >= 15 is 0 Å². The van der Waals surface area contributed by atoms with Gasteiger partial charge in [0.15, 0.2) is 0 Å². The molecule has 0 bridgehead atoms. The minimum absolute atomic E-state index is 1.01. The molecule has 0 radical (unpaired) electrons. The average Bonchev–Trinajstić information content (AvgIpc) is 3.17. The van der Waals surface area contributed by atoms with Crippen molar-refractivity contribution in [2.24, 2.45) is 0 Å². The predicted molar refractivity (Wildman–Crippen MR) is 87.0 cm³/mol. The monoisotopic (exact) mass is 290 g/mol. The van der Waals surface area contributed by atoms with E-state index in [1.165, 1.54) is 0 Å². The molecule has 2 aromatic heterocycles. The Morgan fingerprint density at radius 3 is 1.25 bits per heavy atom. The molecule has 0 aliphatic rings. The van der Waals surface area contributed by atoms with E-state index in [9.17, 15) is 0 Å². The van der Waals surface area contributed by atoms with Crippen molar-refractivity contribution in [2.75, 3.05) is 0 Å². The number of hydrogen-bond acceptors (Lipinski definition) is 2. The summed E-state index contributed by atoms with van der Waals surface area (Å²) in [5.74, 6) is 12.6. The van der Waals surface area contributed by atoms with Crippen LogP contribution in [0.15, 0.2) is 57.9 Å². The largest absolute Gasteiger partial charge is 0.151 e. The van der Waals surface area contributed by atoms with Gasteiger partial charge in [-0.25, -0.2) is 0 Å². The summed E-state index contributed by atoms with van der Waals surface area (Å²) in [5, 5.41) is 8.17. The van der Waals surface area contributed by atoms with Gasteiger partial charge in [-0.1, -0.05) is 23.7 Å². The molecule has 0 N–H and O–H groups in total. The minimum Gasteiger partial charge on any atom is -0.151 e. The Balaban J connectivity index is 1.75. The van der Waals surface area contributed by atoms with E-state index in [1.54, 1.807) is 22.7 Å². The van der Waals surface area contributed by atoms with Crippen LogP contribution in [-0.4, -0.2) is 0 Å². The van der Waals surface area contributed by atoms with Gasteiger partial charge in [0.1, 0.15) is 0 Å². The predicted octanol–water partition coefficient (Wildman–Crippen LogP) is 4.61. The third kappa shape index (κ3) is 3.39. The van der Waals surface area contributed by atoms with E-state index in [2.05, 4.69) is 23.7 Å². The van der Waals surface area contributed by atoms with Crippen molar-refractivity contribution in [1.82, 2.24) is 0 Å². The van der Waals surface area contributed by atoms with Crippen molar-refractivity contribution in [3.05, 3.63) is 80.2 Å². The summed E-state index contributed by atoms with van der Waals surface area (Å²) in [6.07, 6.45) is 0. The molecule has 0 spiro atoms. The molecule has 94 valence electrons. The third-order valence-corrected chi connectivity index (χ3v) is 4.00. The first-order valence-electron chi connectivity index (χ1n) is 6.09. The van der Waals surface area contributed by atoms with Crippen molar-refractivity contribution < 1.29 is 0 Å². The molecule has 3 aromatic rings. The van der Waals surface area contributed by atoms with E-state index in [4.69, 9.17) is 0 Å². The third-order valence-electron chi connectivity index (χ3n) is 2.63. The smallest absolute Gasteiger partial charge is 0.0356 e. The second-order valence-electron chi connectivity index (χ2n) is 4.10. The van der Waals surface area contributed by atoms with Gasteiger partial charge in [0.2, 0.25) is 0 Å². The molecule has 3 rings (SSSR count). The zero-order valence-electron chi connectivity index (χ0n) is 10.6. The van der Waals surface area contributed by atoms with Crippen LogP contribution in [0.2, 0.25) is 0 Å². The summed E-state index contributed by atoms with van der Waals surface area (Å²) in [5.41, 5.74) is 4.15. The maximum Gasteiger partial charge on any atom is 0.0356 e. The zero-order chi connectivity index (χ0) is 13.6. The first-order valence-corrected chi connectivity index (χ1v) is 7.97. The molecule has 0 fully saturated rings. The van der Waals surface area contributed by atoms with Crippen LogP contribution in [0.3, 0.4) is 0 Å². The van der Waals surface area contributed by atoms with Gasteiger partial charge in [0, 0.05) is 33.0 Å². The van der Waals surface area contributed by atoms with Crippen molar-refractivity contribution in [2.45, 2.75) is 0 Å².